The molecule has 5 heteroatoms. The summed E-state index contributed by atoms with van der Waals surface area (Å²) in [6.45, 7) is 0.357. The number of hydrogen-bond acceptors (Lipinski definition) is 3. The van der Waals surface area contributed by atoms with Gasteiger partial charge >= 0.3 is 0 Å². The van der Waals surface area contributed by atoms with Crippen LogP contribution in [0.2, 0.25) is 0 Å². The van der Waals surface area contributed by atoms with Crippen molar-refractivity contribution in [3.8, 4) is 0 Å². The van der Waals surface area contributed by atoms with Crippen LogP contribution in [0.15, 0.2) is 4.99 Å². The Kier molecular flexibility index (Phi) is 1.89. The second-order valence-electron chi connectivity index (χ2n) is 1.62. The van der Waals surface area contributed by atoms with Crippen LogP contribution in [-0.4, -0.2) is 17.8 Å². The van der Waals surface area contributed by atoms with Gasteiger partial charge in [0.1, 0.15) is 5.69 Å². The molecule has 0 spiro atoms. The van der Waals surface area contributed by atoms with E-state index in [1.165, 1.54) is 0 Å². The number of aromatic nitrogens is 1. The Hall–Kier alpha value is -1.52. The number of nitrogens with zero attached hydrogens (tertiary/aromatic N) is 2. The van der Waals surface area contributed by atoms with Crippen molar-refractivity contribution in [2.45, 2.75) is 6.54 Å². The highest BCUT2D eigenvalue weighted by Crippen LogP contribution is 1.84. The average Bonchev–Trinajstić information content (AvgIpc) is 2.65. The van der Waals surface area contributed by atoms with E-state index >= 15 is 0 Å². The molecule has 0 aliphatic carbocycles. The Morgan fingerprint density at radius 3 is 3.00 bits per heavy atom. The molecule has 0 saturated heterocycles. The Labute approximate surface area is 56.5 Å². The standard InChI is InChI=1S/C5H5N3O2/c9-2-6-1-4-5(8-4)7-3-10/h2-3H,1H2,(H,6,9). The zero-order valence-electron chi connectivity index (χ0n) is 5.07. The molecule has 0 aliphatic rings. The molecule has 0 fully saturated rings. The highest BCUT2D eigenvalue weighted by molar-refractivity contribution is 5.48. The number of hydrogen-bond donors (Lipinski definition) is 1. The fourth-order valence-corrected chi connectivity index (χ4v) is 0.510. The minimum Gasteiger partial charge on any atom is -0.353 e. The average molecular weight is 139 g/mol. The quantitative estimate of drug-likeness (QED) is 0.503. The van der Waals surface area contributed by atoms with Gasteiger partial charge in [-0.05, 0) is 0 Å². The lowest BCUT2D eigenvalue weighted by molar-refractivity contribution is -0.109. The molecule has 1 heterocycles. The summed E-state index contributed by atoms with van der Waals surface area (Å²) in [6, 6.07) is 0. The summed E-state index contributed by atoms with van der Waals surface area (Å²) in [7, 11) is 0. The van der Waals surface area contributed by atoms with Crippen LogP contribution in [0, 0.1) is 0 Å². The number of rotatable bonds is 4. The second-order valence-corrected chi connectivity index (χ2v) is 1.62. The van der Waals surface area contributed by atoms with Crippen LogP contribution < -0.4 is 10.8 Å². The molecule has 1 aromatic rings. The molecule has 1 aromatic heterocycles. The highest BCUT2D eigenvalue weighted by Gasteiger charge is 2.06. The molecule has 0 aromatic carbocycles. The normalized spacial score (nSPS) is 11.8. The third-order valence-corrected chi connectivity index (χ3v) is 0.977. The molecule has 0 saturated carbocycles. The minimum absolute atomic E-state index is 0.357. The van der Waals surface area contributed by atoms with Crippen LogP contribution in [0.1, 0.15) is 5.69 Å². The van der Waals surface area contributed by atoms with Gasteiger partial charge in [-0.2, -0.15) is 4.99 Å². The predicted octanol–water partition coefficient (Wildman–Crippen LogP) is -1.74. The first kappa shape index (κ1) is 6.60. The van der Waals surface area contributed by atoms with Crippen LogP contribution in [0.4, 0.5) is 0 Å². The van der Waals surface area contributed by atoms with E-state index in [9.17, 15) is 9.59 Å². The first-order valence-electron chi connectivity index (χ1n) is 2.65. The zero-order valence-corrected chi connectivity index (χ0v) is 5.07. The third-order valence-electron chi connectivity index (χ3n) is 0.977. The topological polar surface area (TPSA) is 71.4 Å². The van der Waals surface area contributed by atoms with Crippen molar-refractivity contribution < 1.29 is 9.59 Å². The molecule has 2 amide bonds. The zero-order chi connectivity index (χ0) is 7.40. The van der Waals surface area contributed by atoms with E-state index < -0.39 is 0 Å². The Bertz CT molecular complexity index is 259. The lowest BCUT2D eigenvalue weighted by Gasteiger charge is -1.82. The van der Waals surface area contributed by atoms with E-state index in [0.29, 0.717) is 30.5 Å². The number of amides is 2. The molecule has 0 bridgehead atoms. The summed E-state index contributed by atoms with van der Waals surface area (Å²) in [5.41, 5.74) is 1.10. The molecule has 1 N–H and O–H groups in total. The summed E-state index contributed by atoms with van der Waals surface area (Å²) in [4.78, 5) is 26.5. The largest absolute Gasteiger partial charge is 0.353 e. The number of carbonyl (C=O) groups excluding carboxylic acids is 2. The summed E-state index contributed by atoms with van der Waals surface area (Å²) in [5.74, 6) is 0. The molecule has 0 atom stereocenters. The first-order chi connectivity index (χ1) is 4.88. The van der Waals surface area contributed by atoms with E-state index in [-0.39, 0.29) is 0 Å². The molecule has 0 aliphatic heterocycles. The van der Waals surface area contributed by atoms with Crippen molar-refractivity contribution in [3.63, 3.8) is 0 Å². The van der Waals surface area contributed by atoms with E-state index in [1.54, 1.807) is 0 Å². The van der Waals surface area contributed by atoms with E-state index in [2.05, 4.69) is 15.3 Å². The Morgan fingerprint density at radius 2 is 2.40 bits per heavy atom. The molecule has 10 heavy (non-hydrogen) atoms. The summed E-state index contributed by atoms with van der Waals surface area (Å²) in [6.07, 6.45) is 0.992. The summed E-state index contributed by atoms with van der Waals surface area (Å²) >= 11 is 0. The van der Waals surface area contributed by atoms with E-state index in [1.807, 2.05) is 0 Å². The molecular formula is C5H5N3O2. The van der Waals surface area contributed by atoms with Gasteiger partial charge in [0, 0.05) is 0 Å². The van der Waals surface area contributed by atoms with Gasteiger partial charge in [0.25, 0.3) is 0 Å². The lowest BCUT2D eigenvalue weighted by Crippen LogP contribution is -2.08. The fraction of sp³-hybridized carbons (Fsp3) is 0.200. The van der Waals surface area contributed by atoms with Crippen LogP contribution in [0.5, 0.6) is 0 Å². The fourth-order valence-electron chi connectivity index (χ4n) is 0.510. The van der Waals surface area contributed by atoms with Crippen LogP contribution in [0.25, 0.3) is 0 Å². The van der Waals surface area contributed by atoms with Gasteiger partial charge in [-0.3, -0.25) is 9.59 Å². The first-order valence-corrected chi connectivity index (χ1v) is 2.65. The van der Waals surface area contributed by atoms with Crippen molar-refractivity contribution in [1.29, 1.82) is 0 Å². The molecule has 52 valence electrons. The maximum absolute atomic E-state index is 9.73. The Morgan fingerprint density at radius 1 is 1.60 bits per heavy atom. The van der Waals surface area contributed by atoms with Gasteiger partial charge in [0.15, 0.2) is 5.49 Å². The van der Waals surface area contributed by atoms with Gasteiger partial charge in [-0.15, -0.1) is 0 Å². The van der Waals surface area contributed by atoms with Gasteiger partial charge < -0.3 is 5.32 Å². The highest BCUT2D eigenvalue weighted by atomic mass is 16.1. The van der Waals surface area contributed by atoms with Crippen molar-refractivity contribution in [2.75, 3.05) is 0 Å². The number of carbonyl (C=O) groups is 2. The molecule has 0 unspecified atom stereocenters. The van der Waals surface area contributed by atoms with Crippen molar-refractivity contribution >= 4 is 12.8 Å². The lowest BCUT2D eigenvalue weighted by atomic mass is 10.5. The molecule has 1 rings (SSSR count). The molecular weight excluding hydrogens is 134 g/mol. The van der Waals surface area contributed by atoms with Gasteiger partial charge in [0.05, 0.1) is 6.54 Å². The second kappa shape index (κ2) is 2.86. The third kappa shape index (κ3) is 1.48. The van der Waals surface area contributed by atoms with Crippen LogP contribution in [-0.2, 0) is 16.1 Å². The van der Waals surface area contributed by atoms with Crippen molar-refractivity contribution in [1.82, 2.24) is 10.3 Å². The van der Waals surface area contributed by atoms with Gasteiger partial charge in [-0.25, -0.2) is 4.98 Å². The minimum atomic E-state index is 0.357. The van der Waals surface area contributed by atoms with Gasteiger partial charge in [0.2, 0.25) is 12.8 Å². The van der Waals surface area contributed by atoms with Crippen molar-refractivity contribution in [3.05, 3.63) is 11.2 Å². The summed E-state index contributed by atoms with van der Waals surface area (Å²) in [5, 5.41) is 2.39. The maximum atomic E-state index is 9.73. The SMILES string of the molecule is O=CN=c1nc1CNC=O. The maximum Gasteiger partial charge on any atom is 0.234 e. The number of nitrogens with one attached hydrogen (secondary N) is 1. The van der Waals surface area contributed by atoms with Crippen molar-refractivity contribution in [2.24, 2.45) is 4.99 Å². The monoisotopic (exact) mass is 139 g/mol. The molecule has 0 radical (unpaired) electrons. The van der Waals surface area contributed by atoms with E-state index in [4.69, 9.17) is 0 Å². The van der Waals surface area contributed by atoms with Crippen LogP contribution >= 0.6 is 0 Å². The Balaban J connectivity index is 2.39. The van der Waals surface area contributed by atoms with Crippen LogP contribution in [0.3, 0.4) is 0 Å². The van der Waals surface area contributed by atoms with E-state index in [0.717, 1.165) is 0 Å². The smallest absolute Gasteiger partial charge is 0.234 e. The molecule has 5 nitrogen and oxygen atoms in total. The van der Waals surface area contributed by atoms with Gasteiger partial charge in [-0.1, -0.05) is 0 Å². The predicted molar refractivity (Wildman–Crippen MR) is 31.1 cm³/mol. The summed E-state index contributed by atoms with van der Waals surface area (Å²) < 4.78 is 0.